The molecule has 0 heterocycles. The molecule has 1 aliphatic carbocycles. The first-order valence-electron chi connectivity index (χ1n) is 7.71. The van der Waals surface area contributed by atoms with Crippen LogP contribution in [0.1, 0.15) is 24.8 Å². The van der Waals surface area contributed by atoms with Crippen molar-refractivity contribution in [2.24, 2.45) is 4.99 Å². The molecular weight excluding hydrogens is 457 g/mol. The number of nitrogens with zero attached hydrogens (tertiary/aromatic N) is 1. The maximum Gasteiger partial charge on any atom is 0.191 e. The number of nitrogens with one attached hydrogen (secondary N) is 2. The Bertz CT molecular complexity index is 648. The standard InChI is InChI=1S/C16H25N3O2S2.HI/c1-17-16(19-13-6-7-14(10-13)22-2)18-11-12-4-8-15(9-5-12)23(3,20)21;/h4-5,8-9,13-14H,6-7,10-11H2,1-3H3,(H2,17,18,19);1H. The minimum atomic E-state index is -3.14. The summed E-state index contributed by atoms with van der Waals surface area (Å²) in [6.45, 7) is 0.613. The molecular formula is C16H26IN3O2S2. The van der Waals surface area contributed by atoms with Gasteiger partial charge in [0.1, 0.15) is 0 Å². The molecule has 0 radical (unpaired) electrons. The Balaban J connectivity index is 0.00000288. The van der Waals surface area contributed by atoms with Crippen molar-refractivity contribution in [1.82, 2.24) is 10.6 Å². The van der Waals surface area contributed by atoms with Crippen molar-refractivity contribution in [2.45, 2.75) is 42.0 Å². The van der Waals surface area contributed by atoms with E-state index in [1.165, 1.54) is 25.5 Å². The van der Waals surface area contributed by atoms with Gasteiger partial charge in [0.2, 0.25) is 0 Å². The van der Waals surface area contributed by atoms with Crippen molar-refractivity contribution < 1.29 is 8.42 Å². The normalized spacial score (nSPS) is 21.2. The highest BCUT2D eigenvalue weighted by atomic mass is 127. The Morgan fingerprint density at radius 3 is 2.46 bits per heavy atom. The Labute approximate surface area is 166 Å². The summed E-state index contributed by atoms with van der Waals surface area (Å²) in [6, 6.07) is 7.42. The molecule has 2 atom stereocenters. The highest BCUT2D eigenvalue weighted by Gasteiger charge is 2.24. The quantitative estimate of drug-likeness (QED) is 0.383. The Morgan fingerprint density at radius 2 is 1.96 bits per heavy atom. The van der Waals surface area contributed by atoms with Crippen molar-refractivity contribution >= 4 is 51.5 Å². The predicted octanol–water partition coefficient (Wildman–Crippen LogP) is 2.66. The third-order valence-corrected chi connectivity index (χ3v) is 6.32. The average Bonchev–Trinajstić information content (AvgIpc) is 2.98. The van der Waals surface area contributed by atoms with E-state index in [1.54, 1.807) is 19.2 Å². The lowest BCUT2D eigenvalue weighted by Crippen LogP contribution is -2.42. The van der Waals surface area contributed by atoms with Crippen molar-refractivity contribution in [2.75, 3.05) is 19.6 Å². The van der Waals surface area contributed by atoms with E-state index in [0.29, 0.717) is 17.5 Å². The van der Waals surface area contributed by atoms with E-state index in [-0.39, 0.29) is 24.0 Å². The van der Waals surface area contributed by atoms with Gasteiger partial charge in [0.05, 0.1) is 4.90 Å². The fourth-order valence-corrected chi connectivity index (χ4v) is 4.14. The van der Waals surface area contributed by atoms with Crippen LogP contribution in [0, 0.1) is 0 Å². The molecule has 0 spiro atoms. The number of thioether (sulfide) groups is 1. The summed E-state index contributed by atoms with van der Waals surface area (Å²) in [5.41, 5.74) is 1.02. The highest BCUT2D eigenvalue weighted by molar-refractivity contribution is 14.0. The Hall–Kier alpha value is -0.480. The minimum Gasteiger partial charge on any atom is -0.354 e. The zero-order chi connectivity index (χ0) is 16.9. The van der Waals surface area contributed by atoms with E-state index in [9.17, 15) is 8.42 Å². The molecule has 5 nitrogen and oxygen atoms in total. The van der Waals surface area contributed by atoms with Crippen molar-refractivity contribution in [3.63, 3.8) is 0 Å². The molecule has 0 aliphatic heterocycles. The fourth-order valence-electron chi connectivity index (χ4n) is 2.71. The van der Waals surface area contributed by atoms with E-state index >= 15 is 0 Å². The molecule has 2 unspecified atom stereocenters. The summed E-state index contributed by atoms with van der Waals surface area (Å²) in [4.78, 5) is 4.61. The number of rotatable bonds is 5. The molecule has 0 saturated heterocycles. The lowest BCUT2D eigenvalue weighted by molar-refractivity contribution is 0.601. The fraction of sp³-hybridized carbons (Fsp3) is 0.562. The van der Waals surface area contributed by atoms with Gasteiger partial charge in [0, 0.05) is 31.1 Å². The topological polar surface area (TPSA) is 70.6 Å². The van der Waals surface area contributed by atoms with Gasteiger partial charge in [0.15, 0.2) is 15.8 Å². The highest BCUT2D eigenvalue weighted by Crippen LogP contribution is 2.28. The summed E-state index contributed by atoms with van der Waals surface area (Å²) >= 11 is 1.93. The first kappa shape index (κ1) is 21.6. The second-order valence-corrected chi connectivity index (χ2v) is 9.01. The van der Waals surface area contributed by atoms with Gasteiger partial charge in [0.25, 0.3) is 0 Å². The molecule has 1 aromatic carbocycles. The van der Waals surface area contributed by atoms with Crippen LogP contribution in [0.25, 0.3) is 0 Å². The van der Waals surface area contributed by atoms with Gasteiger partial charge in [-0.2, -0.15) is 11.8 Å². The third kappa shape index (κ3) is 6.44. The van der Waals surface area contributed by atoms with Crippen LogP contribution in [0.5, 0.6) is 0 Å². The molecule has 8 heteroatoms. The number of guanidine groups is 1. The molecule has 136 valence electrons. The summed E-state index contributed by atoms with van der Waals surface area (Å²) in [5.74, 6) is 0.795. The number of hydrogen-bond donors (Lipinski definition) is 2. The number of halogens is 1. The van der Waals surface area contributed by atoms with Gasteiger partial charge in [-0.05, 0) is 43.2 Å². The zero-order valence-corrected chi connectivity index (χ0v) is 18.2. The van der Waals surface area contributed by atoms with Crippen molar-refractivity contribution in [3.8, 4) is 0 Å². The van der Waals surface area contributed by atoms with E-state index in [2.05, 4.69) is 21.9 Å². The van der Waals surface area contributed by atoms with E-state index in [4.69, 9.17) is 0 Å². The van der Waals surface area contributed by atoms with Gasteiger partial charge in [-0.3, -0.25) is 4.99 Å². The first-order chi connectivity index (χ1) is 10.9. The summed E-state index contributed by atoms with van der Waals surface area (Å²) < 4.78 is 22.9. The van der Waals surface area contributed by atoms with Crippen LogP contribution in [-0.2, 0) is 16.4 Å². The second kappa shape index (κ2) is 9.86. The third-order valence-electron chi connectivity index (χ3n) is 4.09. The van der Waals surface area contributed by atoms with E-state index in [0.717, 1.165) is 16.8 Å². The van der Waals surface area contributed by atoms with Gasteiger partial charge in [-0.1, -0.05) is 12.1 Å². The molecule has 2 rings (SSSR count). The molecule has 0 aromatic heterocycles. The lowest BCUT2D eigenvalue weighted by atomic mass is 10.2. The van der Waals surface area contributed by atoms with Gasteiger partial charge < -0.3 is 10.6 Å². The molecule has 1 aromatic rings. The van der Waals surface area contributed by atoms with Crippen LogP contribution in [0.15, 0.2) is 34.2 Å². The van der Waals surface area contributed by atoms with E-state index < -0.39 is 9.84 Å². The maximum absolute atomic E-state index is 11.5. The summed E-state index contributed by atoms with van der Waals surface area (Å²) in [5, 5.41) is 7.50. The van der Waals surface area contributed by atoms with Crippen LogP contribution in [0.2, 0.25) is 0 Å². The average molecular weight is 483 g/mol. The SMILES string of the molecule is CN=C(NCc1ccc(S(C)(=O)=O)cc1)NC1CCC(SC)C1.I. The first-order valence-corrected chi connectivity index (χ1v) is 10.9. The Morgan fingerprint density at radius 1 is 1.29 bits per heavy atom. The van der Waals surface area contributed by atoms with Crippen molar-refractivity contribution in [1.29, 1.82) is 0 Å². The Kier molecular flexibility index (Phi) is 8.86. The van der Waals surface area contributed by atoms with Crippen LogP contribution in [-0.4, -0.2) is 45.2 Å². The van der Waals surface area contributed by atoms with Gasteiger partial charge in [-0.15, -0.1) is 24.0 Å². The van der Waals surface area contributed by atoms with Gasteiger partial charge in [-0.25, -0.2) is 8.42 Å². The molecule has 0 bridgehead atoms. The second-order valence-electron chi connectivity index (χ2n) is 5.85. The van der Waals surface area contributed by atoms with Crippen LogP contribution in [0.3, 0.4) is 0 Å². The molecule has 2 N–H and O–H groups in total. The largest absolute Gasteiger partial charge is 0.354 e. The van der Waals surface area contributed by atoms with E-state index in [1.807, 2.05) is 23.9 Å². The molecule has 0 amide bonds. The maximum atomic E-state index is 11.5. The number of sulfone groups is 1. The van der Waals surface area contributed by atoms with Crippen molar-refractivity contribution in [3.05, 3.63) is 29.8 Å². The molecule has 1 saturated carbocycles. The summed E-state index contributed by atoms with van der Waals surface area (Å²) in [7, 11) is -1.37. The lowest BCUT2D eigenvalue weighted by Gasteiger charge is -2.17. The molecule has 1 fully saturated rings. The predicted molar refractivity (Wildman–Crippen MR) is 113 cm³/mol. The molecule has 24 heavy (non-hydrogen) atoms. The zero-order valence-electron chi connectivity index (χ0n) is 14.3. The number of benzene rings is 1. The van der Waals surface area contributed by atoms with Crippen LogP contribution < -0.4 is 10.6 Å². The molecule has 1 aliphatic rings. The number of aliphatic imine (C=N–C) groups is 1. The van der Waals surface area contributed by atoms with Crippen LogP contribution in [0.4, 0.5) is 0 Å². The summed E-state index contributed by atoms with van der Waals surface area (Å²) in [6.07, 6.45) is 6.98. The van der Waals surface area contributed by atoms with Gasteiger partial charge >= 0.3 is 0 Å². The van der Waals surface area contributed by atoms with Crippen LogP contribution >= 0.6 is 35.7 Å². The minimum absolute atomic E-state index is 0. The smallest absolute Gasteiger partial charge is 0.191 e. The number of hydrogen-bond acceptors (Lipinski definition) is 4. The monoisotopic (exact) mass is 483 g/mol.